The first-order chi connectivity index (χ1) is 31.9. The molecule has 1 aliphatic rings. The number of carbonyl (C=O) groups excluding carboxylic acids is 4. The first-order valence-corrected chi connectivity index (χ1v) is 21.3. The van der Waals surface area contributed by atoms with Crippen LogP contribution in [0.15, 0.2) is 82.8 Å². The molecule has 4 heterocycles. The van der Waals surface area contributed by atoms with Crippen LogP contribution in [0.3, 0.4) is 0 Å². The van der Waals surface area contributed by atoms with Gasteiger partial charge in [-0.1, -0.05) is 62.6 Å². The summed E-state index contributed by atoms with van der Waals surface area (Å²) in [6.07, 6.45) is -2.35. The van der Waals surface area contributed by atoms with E-state index in [1.54, 1.807) is 12.4 Å². The molecule has 1 aliphatic heterocycles. The maximum Gasteiger partial charge on any atom is 0.490 e. The molecule has 67 heavy (non-hydrogen) atoms. The molecule has 0 saturated carbocycles. The number of amides is 5. The van der Waals surface area contributed by atoms with Crippen LogP contribution in [-0.4, -0.2) is 127 Å². The Kier molecular flexibility index (Phi) is 17.8. The Morgan fingerprint density at radius 2 is 1.40 bits per heavy atom. The number of carboxylic acids is 1. The molecule has 5 amide bonds. The van der Waals surface area contributed by atoms with Gasteiger partial charge in [-0.15, -0.1) is 0 Å². The van der Waals surface area contributed by atoms with E-state index in [9.17, 15) is 52.2 Å². The molecule has 1 saturated heterocycles. The number of H-pyrrole nitrogens is 3. The summed E-state index contributed by atoms with van der Waals surface area (Å²) in [7, 11) is 0. The molecule has 13 N–H and O–H groups in total. The van der Waals surface area contributed by atoms with Crippen LogP contribution in [0.5, 0.6) is 0 Å². The van der Waals surface area contributed by atoms with Gasteiger partial charge in [0.15, 0.2) is 6.23 Å². The maximum atomic E-state index is 14.2. The largest absolute Gasteiger partial charge is 0.490 e. The lowest BCUT2D eigenvalue weighted by Gasteiger charge is -2.25. The Morgan fingerprint density at radius 3 is 2.00 bits per heavy atom. The zero-order chi connectivity index (χ0) is 48.8. The number of nitrogens with zero attached hydrogens (tertiary/aromatic N) is 1. The van der Waals surface area contributed by atoms with Gasteiger partial charge < -0.3 is 62.3 Å². The van der Waals surface area contributed by atoms with Crippen LogP contribution in [0, 0.1) is 0 Å². The summed E-state index contributed by atoms with van der Waals surface area (Å²) in [6.45, 7) is 1.65. The smallest absolute Gasteiger partial charge is 0.475 e. The fraction of sp³-hybridized carbons (Fsp3) is 0.419. The van der Waals surface area contributed by atoms with Crippen LogP contribution >= 0.6 is 0 Å². The van der Waals surface area contributed by atoms with Crippen molar-refractivity contribution in [2.45, 2.75) is 94.3 Å². The minimum absolute atomic E-state index is 0.0425. The van der Waals surface area contributed by atoms with Crippen molar-refractivity contribution in [2.24, 2.45) is 5.73 Å². The summed E-state index contributed by atoms with van der Waals surface area (Å²) in [5, 5.41) is 43.8. The Hall–Kier alpha value is -7.02. The third-order valence-corrected chi connectivity index (χ3v) is 10.8. The summed E-state index contributed by atoms with van der Waals surface area (Å²) in [5.74, 6) is -4.90. The average Bonchev–Trinajstić information content (AvgIpc) is 3.98. The van der Waals surface area contributed by atoms with E-state index in [1.165, 1.54) is 0 Å². The number of aliphatic hydroxyl groups is 2. The molecule has 1 fully saturated rings. The number of aromatic nitrogens is 4. The maximum absolute atomic E-state index is 14.2. The molecule has 362 valence electrons. The summed E-state index contributed by atoms with van der Waals surface area (Å²) in [5.41, 5.74) is 8.01. The second kappa shape index (κ2) is 23.4. The van der Waals surface area contributed by atoms with Crippen LogP contribution in [0.25, 0.3) is 21.8 Å². The van der Waals surface area contributed by atoms with Gasteiger partial charge in [0.05, 0.1) is 6.04 Å². The van der Waals surface area contributed by atoms with Gasteiger partial charge in [-0.2, -0.15) is 13.2 Å². The molecule has 0 bridgehead atoms. The Labute approximate surface area is 379 Å². The highest BCUT2D eigenvalue weighted by Crippen LogP contribution is 2.28. The number of benzene rings is 2. The van der Waals surface area contributed by atoms with E-state index in [1.807, 2.05) is 48.5 Å². The summed E-state index contributed by atoms with van der Waals surface area (Å²) < 4.78 is 38.4. The number of aliphatic hydroxyl groups excluding tert-OH is 2. The van der Waals surface area contributed by atoms with E-state index in [0.29, 0.717) is 6.54 Å². The van der Waals surface area contributed by atoms with E-state index in [4.69, 9.17) is 20.4 Å². The number of alkyl halides is 3. The number of nitrogens with two attached hydrogens (primary N) is 1. The van der Waals surface area contributed by atoms with Crippen molar-refractivity contribution in [3.05, 3.63) is 105 Å². The van der Waals surface area contributed by atoms with Crippen LogP contribution in [-0.2, 0) is 36.8 Å². The number of carbonyl (C=O) groups is 5. The number of urea groups is 1. The van der Waals surface area contributed by atoms with Gasteiger partial charge in [-0.25, -0.2) is 14.4 Å². The number of hydrogen-bond donors (Lipinski definition) is 12. The summed E-state index contributed by atoms with van der Waals surface area (Å²) >= 11 is 0. The molecule has 3 aromatic heterocycles. The van der Waals surface area contributed by atoms with Crippen molar-refractivity contribution in [1.29, 1.82) is 0 Å². The van der Waals surface area contributed by atoms with Gasteiger partial charge in [0.2, 0.25) is 17.7 Å². The lowest BCUT2D eigenvalue weighted by Crippen LogP contribution is -2.59. The van der Waals surface area contributed by atoms with E-state index < -0.39 is 103 Å². The van der Waals surface area contributed by atoms with Crippen molar-refractivity contribution >= 4 is 51.5 Å². The number of para-hydroxylation sites is 2. The van der Waals surface area contributed by atoms with Crippen molar-refractivity contribution < 1.29 is 57.2 Å². The normalized spacial score (nSPS) is 18.3. The number of hydrogen-bond acceptors (Lipinski definition) is 11. The molecular formula is C43H53F3N10O11. The van der Waals surface area contributed by atoms with E-state index in [0.717, 1.165) is 75.4 Å². The lowest BCUT2D eigenvalue weighted by atomic mass is 10.0. The molecule has 5 aromatic rings. The zero-order valence-corrected chi connectivity index (χ0v) is 36.1. The SMILES string of the molecule is CCCCCCNC(=O)N[C@@H](Cc1c[nH]c2ccccc12)C(=O)N[C@@H](CNC(=O)[C@@H](N)Cc1c[nH]c2ccccc12)C(=O)NC[C@H]1O[C@@H](n2ccc(=O)[nH]c2=O)[C@H](O)[C@@H]1O.O=C(O)C(F)(F)F. The van der Waals surface area contributed by atoms with Gasteiger partial charge >= 0.3 is 23.9 Å². The molecule has 0 unspecified atom stereocenters. The van der Waals surface area contributed by atoms with Crippen LogP contribution in [0.1, 0.15) is 50.0 Å². The van der Waals surface area contributed by atoms with Gasteiger partial charge in [0, 0.05) is 72.5 Å². The van der Waals surface area contributed by atoms with Crippen LogP contribution < -0.4 is 43.6 Å². The number of ether oxygens (including phenoxy) is 1. The number of aliphatic carboxylic acids is 1. The first-order valence-electron chi connectivity index (χ1n) is 21.3. The lowest BCUT2D eigenvalue weighted by molar-refractivity contribution is -0.192. The van der Waals surface area contributed by atoms with E-state index >= 15 is 0 Å². The highest BCUT2D eigenvalue weighted by molar-refractivity contribution is 5.94. The van der Waals surface area contributed by atoms with Crippen molar-refractivity contribution in [1.82, 2.24) is 46.1 Å². The number of fused-ring (bicyclic) bond motifs is 2. The number of carboxylic acid groups (broad SMARTS) is 1. The zero-order valence-electron chi connectivity index (χ0n) is 36.1. The molecule has 6 rings (SSSR count). The Bertz CT molecular complexity index is 2610. The Morgan fingerprint density at radius 1 is 0.791 bits per heavy atom. The Balaban J connectivity index is 0.00000111. The molecule has 0 radical (unpaired) electrons. The van der Waals surface area contributed by atoms with Gasteiger partial charge in [0.1, 0.15) is 30.4 Å². The van der Waals surface area contributed by atoms with Crippen molar-refractivity contribution in [3.8, 4) is 0 Å². The molecule has 0 spiro atoms. The topological polar surface area (TPSA) is 328 Å². The fourth-order valence-corrected chi connectivity index (χ4v) is 7.22. The van der Waals surface area contributed by atoms with E-state index in [2.05, 4.69) is 48.5 Å². The van der Waals surface area contributed by atoms with Crippen LogP contribution in [0.4, 0.5) is 18.0 Å². The number of halogens is 3. The molecule has 2 aromatic carbocycles. The highest BCUT2D eigenvalue weighted by atomic mass is 19.4. The molecule has 21 nitrogen and oxygen atoms in total. The predicted octanol–water partition coefficient (Wildman–Crippen LogP) is 0.530. The van der Waals surface area contributed by atoms with Crippen molar-refractivity contribution in [2.75, 3.05) is 19.6 Å². The van der Waals surface area contributed by atoms with Crippen LogP contribution in [0.2, 0.25) is 0 Å². The summed E-state index contributed by atoms with van der Waals surface area (Å²) in [4.78, 5) is 95.8. The quantitative estimate of drug-likeness (QED) is 0.0505. The molecule has 0 aliphatic carbocycles. The number of rotatable bonds is 19. The molecule has 7 atom stereocenters. The monoisotopic (exact) mass is 942 g/mol. The number of unbranched alkanes of at least 4 members (excludes halogenated alkanes) is 3. The van der Waals surface area contributed by atoms with E-state index in [-0.39, 0.29) is 12.8 Å². The minimum atomic E-state index is -5.08. The van der Waals surface area contributed by atoms with Crippen molar-refractivity contribution in [3.63, 3.8) is 0 Å². The van der Waals surface area contributed by atoms with Gasteiger partial charge in [-0.05, 0) is 36.1 Å². The molecular weight excluding hydrogens is 890 g/mol. The number of aromatic amines is 3. The standard InChI is InChI=1S/C41H52N10O9.C2HF3O2/c1-2-3-4-9-15-43-40(58)49-30(18-24-20-45-29-13-8-6-11-26(24)29)38(57)48-31(21-46-36(55)27(42)17-23-19-44-28-12-7-5-10-25(23)28)37(56)47-22-32-34(53)35(54)39(60-32)51-16-14-33(52)50-41(51)59;3-2(4,5)1(6)7/h5-8,10-14,16,19-20,27,30-32,34-35,39,44-45,53-54H,2-4,9,15,17-18,21-22,42H2,1H3,(H,46,55)(H,47,56)(H,48,57)(H2,43,49,58)(H,50,52,59);(H,6,7)/t27-,30-,31-,32+,34+,35+,39+;/m0./s1. The highest BCUT2D eigenvalue weighted by Gasteiger charge is 2.44. The fourth-order valence-electron chi connectivity index (χ4n) is 7.22. The summed E-state index contributed by atoms with van der Waals surface area (Å²) in [6, 6.07) is 11.8. The third kappa shape index (κ3) is 14.0. The average molecular weight is 943 g/mol. The van der Waals surface area contributed by atoms with Gasteiger partial charge in [-0.3, -0.25) is 28.7 Å². The minimum Gasteiger partial charge on any atom is -0.475 e. The van der Waals surface area contributed by atoms with Gasteiger partial charge in [0.25, 0.3) is 5.56 Å². The third-order valence-electron chi connectivity index (χ3n) is 10.8. The molecule has 24 heteroatoms. The number of nitrogens with one attached hydrogen (secondary N) is 8. The second-order valence-electron chi connectivity index (χ2n) is 15.7. The predicted molar refractivity (Wildman–Crippen MR) is 235 cm³/mol. The second-order valence-corrected chi connectivity index (χ2v) is 15.7. The first kappa shape index (κ1) is 51.0.